The van der Waals surface area contributed by atoms with Gasteiger partial charge < -0.3 is 10.2 Å². The molecule has 1 fully saturated rings. The maximum atomic E-state index is 12.5. The molecule has 0 aliphatic carbocycles. The van der Waals surface area contributed by atoms with Crippen LogP contribution in [0.2, 0.25) is 0 Å². The zero-order chi connectivity index (χ0) is 23.7. The molecule has 8 nitrogen and oxygen atoms in total. The van der Waals surface area contributed by atoms with Gasteiger partial charge in [-0.15, -0.1) is 0 Å². The first kappa shape index (κ1) is 24.6. The number of sulfonamides is 1. The summed E-state index contributed by atoms with van der Waals surface area (Å²) >= 11 is 0. The zero-order valence-corrected chi connectivity index (χ0v) is 19.6. The predicted molar refractivity (Wildman–Crippen MR) is 129 cm³/mol. The molecule has 1 aliphatic heterocycles. The van der Waals surface area contributed by atoms with E-state index in [9.17, 15) is 18.0 Å². The van der Waals surface area contributed by atoms with Gasteiger partial charge >= 0.3 is 0 Å². The van der Waals surface area contributed by atoms with Gasteiger partial charge in [-0.25, -0.2) is 13.1 Å². The molecular weight excluding hydrogens is 440 g/mol. The van der Waals surface area contributed by atoms with E-state index in [-0.39, 0.29) is 29.7 Å². The highest BCUT2D eigenvalue weighted by Crippen LogP contribution is 2.14. The Morgan fingerprint density at radius 3 is 2.27 bits per heavy atom. The van der Waals surface area contributed by atoms with Gasteiger partial charge in [-0.3, -0.25) is 14.5 Å². The van der Waals surface area contributed by atoms with Crippen LogP contribution in [0, 0.1) is 0 Å². The Bertz CT molecular complexity index is 1060. The average molecular weight is 471 g/mol. The highest BCUT2D eigenvalue weighted by molar-refractivity contribution is 7.89. The van der Waals surface area contributed by atoms with Crippen molar-refractivity contribution in [3.8, 4) is 0 Å². The van der Waals surface area contributed by atoms with Crippen molar-refractivity contribution in [2.24, 2.45) is 0 Å². The number of carbonyl (C=O) groups is 2. The van der Waals surface area contributed by atoms with Crippen molar-refractivity contribution in [3.63, 3.8) is 0 Å². The van der Waals surface area contributed by atoms with E-state index >= 15 is 0 Å². The second-order valence-electron chi connectivity index (χ2n) is 7.85. The summed E-state index contributed by atoms with van der Waals surface area (Å²) in [4.78, 5) is 27.7. The Labute approximate surface area is 195 Å². The van der Waals surface area contributed by atoms with Gasteiger partial charge in [0.25, 0.3) is 0 Å². The lowest BCUT2D eigenvalue weighted by Gasteiger charge is -2.34. The number of amides is 2. The van der Waals surface area contributed by atoms with Gasteiger partial charge in [0, 0.05) is 58.3 Å². The number of carbonyl (C=O) groups excluding carboxylic acids is 2. The topological polar surface area (TPSA) is 98.8 Å². The van der Waals surface area contributed by atoms with E-state index in [1.54, 1.807) is 4.90 Å². The van der Waals surface area contributed by atoms with Crippen LogP contribution in [0.15, 0.2) is 65.6 Å². The van der Waals surface area contributed by atoms with Gasteiger partial charge in [0.05, 0.1) is 4.90 Å². The Balaban J connectivity index is 1.38. The van der Waals surface area contributed by atoms with Gasteiger partial charge in [0.2, 0.25) is 21.8 Å². The van der Waals surface area contributed by atoms with Crippen molar-refractivity contribution in [3.05, 3.63) is 66.2 Å². The average Bonchev–Trinajstić information content (AvgIpc) is 2.80. The van der Waals surface area contributed by atoms with Crippen LogP contribution in [0.25, 0.3) is 6.08 Å². The van der Waals surface area contributed by atoms with Crippen molar-refractivity contribution in [1.82, 2.24) is 14.5 Å². The smallest absolute Gasteiger partial charge is 0.240 e. The third kappa shape index (κ3) is 7.81. The summed E-state index contributed by atoms with van der Waals surface area (Å²) in [6, 6.07) is 16.0. The summed E-state index contributed by atoms with van der Waals surface area (Å²) in [6.45, 7) is 5.09. The van der Waals surface area contributed by atoms with Crippen molar-refractivity contribution in [2.45, 2.75) is 18.2 Å². The first-order chi connectivity index (χ1) is 15.8. The van der Waals surface area contributed by atoms with E-state index in [1.165, 1.54) is 31.2 Å². The lowest BCUT2D eigenvalue weighted by molar-refractivity contribution is -0.132. The number of piperazine rings is 1. The quantitative estimate of drug-likeness (QED) is 0.585. The Morgan fingerprint density at radius 2 is 1.64 bits per heavy atom. The molecular formula is C24H30N4O4S. The monoisotopic (exact) mass is 470 g/mol. The van der Waals surface area contributed by atoms with E-state index in [0.29, 0.717) is 18.8 Å². The zero-order valence-electron chi connectivity index (χ0n) is 18.7. The van der Waals surface area contributed by atoms with Crippen molar-refractivity contribution in [2.75, 3.05) is 44.6 Å². The number of benzene rings is 2. The molecule has 2 N–H and O–H groups in total. The van der Waals surface area contributed by atoms with Gasteiger partial charge in [-0.1, -0.05) is 42.5 Å². The van der Waals surface area contributed by atoms with Crippen LogP contribution in [-0.4, -0.2) is 69.3 Å². The summed E-state index contributed by atoms with van der Waals surface area (Å²) in [6.07, 6.45) is 4.33. The van der Waals surface area contributed by atoms with E-state index in [2.05, 4.69) is 39.2 Å². The summed E-state index contributed by atoms with van der Waals surface area (Å²) < 4.78 is 27.3. The lowest BCUT2D eigenvalue weighted by atomic mass is 10.2. The molecule has 1 saturated heterocycles. The molecule has 2 aromatic carbocycles. The van der Waals surface area contributed by atoms with Gasteiger partial charge in [0.15, 0.2) is 0 Å². The van der Waals surface area contributed by atoms with Crippen LogP contribution in [0.4, 0.5) is 5.69 Å². The fraction of sp³-hybridized carbons (Fsp3) is 0.333. The van der Waals surface area contributed by atoms with Crippen LogP contribution < -0.4 is 10.0 Å². The van der Waals surface area contributed by atoms with Gasteiger partial charge in [-0.05, 0) is 29.8 Å². The molecule has 0 aromatic heterocycles. The highest BCUT2D eigenvalue weighted by Gasteiger charge is 2.21. The standard InChI is InChI=1S/C24H30N4O4S/c1-20(29)26-22-9-11-23(12-10-22)33(31,32)25-14-13-24(30)28-18-16-27(17-19-28)15-5-8-21-6-3-2-4-7-21/h2-12,25H,13-19H2,1H3,(H,26,29)/b8-5+. The van der Waals surface area contributed by atoms with E-state index in [0.717, 1.165) is 25.2 Å². The predicted octanol–water partition coefficient (Wildman–Crippen LogP) is 2.17. The van der Waals surface area contributed by atoms with Crippen LogP contribution >= 0.6 is 0 Å². The van der Waals surface area contributed by atoms with Crippen LogP contribution in [0.1, 0.15) is 18.9 Å². The normalized spacial score (nSPS) is 15.0. The molecule has 1 aliphatic rings. The van der Waals surface area contributed by atoms with Crippen LogP contribution in [-0.2, 0) is 19.6 Å². The second-order valence-corrected chi connectivity index (χ2v) is 9.61. The Hall–Kier alpha value is -3.01. The van der Waals surface area contributed by atoms with Crippen LogP contribution in [0.3, 0.4) is 0 Å². The minimum absolute atomic E-state index is 0.0364. The summed E-state index contributed by atoms with van der Waals surface area (Å²) in [5, 5.41) is 2.59. The first-order valence-electron chi connectivity index (χ1n) is 10.9. The third-order valence-electron chi connectivity index (χ3n) is 5.31. The molecule has 0 unspecified atom stereocenters. The fourth-order valence-electron chi connectivity index (χ4n) is 3.54. The maximum Gasteiger partial charge on any atom is 0.240 e. The van der Waals surface area contributed by atoms with E-state index in [1.807, 2.05) is 18.2 Å². The molecule has 0 radical (unpaired) electrons. The molecule has 0 saturated carbocycles. The summed E-state index contributed by atoms with van der Waals surface area (Å²) in [5.41, 5.74) is 1.68. The fourth-order valence-corrected chi connectivity index (χ4v) is 4.57. The minimum atomic E-state index is -3.72. The van der Waals surface area contributed by atoms with Crippen molar-refractivity contribution >= 4 is 33.6 Å². The van der Waals surface area contributed by atoms with Crippen LogP contribution in [0.5, 0.6) is 0 Å². The molecule has 33 heavy (non-hydrogen) atoms. The van der Waals surface area contributed by atoms with E-state index in [4.69, 9.17) is 0 Å². The third-order valence-corrected chi connectivity index (χ3v) is 6.79. The minimum Gasteiger partial charge on any atom is -0.340 e. The number of rotatable bonds is 9. The van der Waals surface area contributed by atoms with E-state index < -0.39 is 10.0 Å². The molecule has 0 spiro atoms. The molecule has 2 amide bonds. The van der Waals surface area contributed by atoms with Crippen molar-refractivity contribution in [1.29, 1.82) is 0 Å². The van der Waals surface area contributed by atoms with Crippen molar-refractivity contribution < 1.29 is 18.0 Å². The first-order valence-corrected chi connectivity index (χ1v) is 12.4. The molecule has 1 heterocycles. The number of anilines is 1. The molecule has 0 bridgehead atoms. The largest absolute Gasteiger partial charge is 0.340 e. The number of hydrogen-bond donors (Lipinski definition) is 2. The summed E-state index contributed by atoms with van der Waals surface area (Å²) in [5.74, 6) is -0.287. The molecule has 9 heteroatoms. The molecule has 176 valence electrons. The molecule has 0 atom stereocenters. The number of hydrogen-bond acceptors (Lipinski definition) is 5. The maximum absolute atomic E-state index is 12.5. The lowest BCUT2D eigenvalue weighted by Crippen LogP contribution is -2.49. The summed E-state index contributed by atoms with van der Waals surface area (Å²) in [7, 11) is -3.72. The number of nitrogens with zero attached hydrogens (tertiary/aromatic N) is 2. The molecule has 3 rings (SSSR count). The van der Waals surface area contributed by atoms with Gasteiger partial charge in [-0.2, -0.15) is 0 Å². The Morgan fingerprint density at radius 1 is 0.970 bits per heavy atom. The van der Waals surface area contributed by atoms with Gasteiger partial charge in [0.1, 0.15) is 0 Å². The molecule has 2 aromatic rings. The second kappa shape index (κ2) is 11.7. The SMILES string of the molecule is CC(=O)Nc1ccc(S(=O)(=O)NCCC(=O)N2CCN(C/C=C/c3ccccc3)CC2)cc1. The number of nitrogens with one attached hydrogen (secondary N) is 2. The highest BCUT2D eigenvalue weighted by atomic mass is 32.2. The Kier molecular flexibility index (Phi) is 8.76.